The maximum Gasteiger partial charge on any atom is 0.243 e. The van der Waals surface area contributed by atoms with Crippen LogP contribution in [0.4, 0.5) is 5.82 Å². The lowest BCUT2D eigenvalue weighted by Gasteiger charge is -2.37. The van der Waals surface area contributed by atoms with Gasteiger partial charge in [0.05, 0.1) is 23.6 Å². The molecule has 0 spiro atoms. The summed E-state index contributed by atoms with van der Waals surface area (Å²) in [5, 5.41) is 3.49. The van der Waals surface area contributed by atoms with Gasteiger partial charge < -0.3 is 14.8 Å². The number of rotatable bonds is 5. The van der Waals surface area contributed by atoms with E-state index in [0.29, 0.717) is 36.4 Å². The lowest BCUT2D eigenvalue weighted by Crippen LogP contribution is -2.44. The number of sulfonamides is 1. The van der Waals surface area contributed by atoms with Crippen molar-refractivity contribution >= 4 is 15.8 Å². The van der Waals surface area contributed by atoms with E-state index >= 15 is 0 Å². The summed E-state index contributed by atoms with van der Waals surface area (Å²) < 4.78 is 39.6. The monoisotopic (exact) mass is 429 g/mol. The van der Waals surface area contributed by atoms with Gasteiger partial charge in [-0.05, 0) is 60.6 Å². The molecular formula is C22H27N3O4S. The summed E-state index contributed by atoms with van der Waals surface area (Å²) in [5.74, 6) is 2.25. The number of benzene rings is 1. The molecule has 5 rings (SSSR count). The molecule has 160 valence electrons. The third-order valence-electron chi connectivity index (χ3n) is 6.68. The third-order valence-corrected chi connectivity index (χ3v) is 8.51. The topological polar surface area (TPSA) is 80.8 Å². The molecule has 0 amide bonds. The Hall–Kier alpha value is -2.16. The molecule has 2 aromatic rings. The van der Waals surface area contributed by atoms with E-state index in [4.69, 9.17) is 9.47 Å². The lowest BCUT2D eigenvalue weighted by molar-refractivity contribution is 0.0305. The lowest BCUT2D eigenvalue weighted by atomic mass is 9.77. The predicted octanol–water partition coefficient (Wildman–Crippen LogP) is 2.54. The number of nitrogens with zero attached hydrogens (tertiary/aromatic N) is 2. The number of hydrogen-bond donors (Lipinski definition) is 1. The van der Waals surface area contributed by atoms with E-state index in [1.54, 1.807) is 35.8 Å². The summed E-state index contributed by atoms with van der Waals surface area (Å²) in [6.45, 7) is 1.73. The zero-order valence-electron chi connectivity index (χ0n) is 17.0. The van der Waals surface area contributed by atoms with Crippen LogP contribution in [0.3, 0.4) is 0 Å². The Morgan fingerprint density at radius 2 is 2.00 bits per heavy atom. The number of anilines is 1. The van der Waals surface area contributed by atoms with Gasteiger partial charge >= 0.3 is 0 Å². The quantitative estimate of drug-likeness (QED) is 0.787. The van der Waals surface area contributed by atoms with Crippen molar-refractivity contribution in [3.63, 3.8) is 0 Å². The van der Waals surface area contributed by atoms with Gasteiger partial charge in [0.2, 0.25) is 10.0 Å². The van der Waals surface area contributed by atoms with Gasteiger partial charge in [0.25, 0.3) is 0 Å². The molecule has 3 aliphatic rings. The molecule has 4 atom stereocenters. The molecular weight excluding hydrogens is 402 g/mol. The summed E-state index contributed by atoms with van der Waals surface area (Å²) in [7, 11) is -1.78. The van der Waals surface area contributed by atoms with Crippen LogP contribution in [0.1, 0.15) is 18.4 Å². The Balaban J connectivity index is 1.33. The number of nitrogens with one attached hydrogen (secondary N) is 1. The highest BCUT2D eigenvalue weighted by Gasteiger charge is 2.46. The Bertz CT molecular complexity index is 1010. The fraction of sp³-hybridized carbons (Fsp3) is 0.500. The third kappa shape index (κ3) is 3.57. The van der Waals surface area contributed by atoms with Crippen molar-refractivity contribution in [1.29, 1.82) is 0 Å². The number of ether oxygens (including phenoxy) is 2. The minimum absolute atomic E-state index is 0.0352. The van der Waals surface area contributed by atoms with Crippen LogP contribution in [0.25, 0.3) is 0 Å². The normalized spacial score (nSPS) is 28.6. The highest BCUT2D eigenvalue weighted by Crippen LogP contribution is 2.40. The molecule has 7 nitrogen and oxygen atoms in total. The zero-order valence-corrected chi connectivity index (χ0v) is 17.8. The first-order valence-corrected chi connectivity index (χ1v) is 11.9. The number of methoxy groups -OCH3 is 1. The van der Waals surface area contributed by atoms with Gasteiger partial charge in [-0.25, -0.2) is 13.4 Å². The number of aromatic nitrogens is 1. The summed E-state index contributed by atoms with van der Waals surface area (Å²) in [6, 6.07) is 11.1. The molecule has 1 saturated heterocycles. The summed E-state index contributed by atoms with van der Waals surface area (Å²) in [4.78, 5) is 4.74. The average molecular weight is 430 g/mol. The molecule has 0 bridgehead atoms. The maximum atomic E-state index is 13.3. The van der Waals surface area contributed by atoms with E-state index in [9.17, 15) is 8.42 Å². The Morgan fingerprint density at radius 3 is 2.77 bits per heavy atom. The molecule has 1 aromatic heterocycles. The van der Waals surface area contributed by atoms with E-state index < -0.39 is 10.0 Å². The Morgan fingerprint density at radius 1 is 1.17 bits per heavy atom. The molecule has 1 aromatic carbocycles. The molecule has 0 radical (unpaired) electrons. The number of pyridine rings is 1. The molecule has 1 aliphatic carbocycles. The van der Waals surface area contributed by atoms with Crippen LogP contribution >= 0.6 is 0 Å². The first kappa shape index (κ1) is 19.8. The van der Waals surface area contributed by atoms with Crippen LogP contribution in [0, 0.1) is 11.8 Å². The second kappa shape index (κ2) is 7.83. The maximum absolute atomic E-state index is 13.3. The van der Waals surface area contributed by atoms with Crippen molar-refractivity contribution < 1.29 is 17.9 Å². The van der Waals surface area contributed by atoms with Crippen molar-refractivity contribution in [3.05, 3.63) is 48.2 Å². The van der Waals surface area contributed by atoms with Gasteiger partial charge in [0, 0.05) is 32.8 Å². The molecule has 8 heteroatoms. The van der Waals surface area contributed by atoms with E-state index in [2.05, 4.69) is 10.3 Å². The van der Waals surface area contributed by atoms with E-state index in [0.717, 1.165) is 36.4 Å². The van der Waals surface area contributed by atoms with Gasteiger partial charge in [-0.1, -0.05) is 6.07 Å². The Labute approximate surface area is 177 Å². The highest BCUT2D eigenvalue weighted by atomic mass is 32.2. The fourth-order valence-corrected chi connectivity index (χ4v) is 6.69. The number of fused-ring (bicyclic) bond motifs is 2. The van der Waals surface area contributed by atoms with E-state index in [1.165, 1.54) is 0 Å². The highest BCUT2D eigenvalue weighted by molar-refractivity contribution is 7.89. The SMILES string of the molecule is CO[C@@H]1C[C@H]2CN(S(=O)(=O)c3ccc4c(c3)CCO4)C[C@H]2C[C@H]1Nc1ccccn1. The van der Waals surface area contributed by atoms with E-state index in [1.807, 2.05) is 18.2 Å². The van der Waals surface area contributed by atoms with E-state index in [-0.39, 0.29) is 12.1 Å². The average Bonchev–Trinajstić information content (AvgIpc) is 3.40. The second-order valence-electron chi connectivity index (χ2n) is 8.42. The largest absolute Gasteiger partial charge is 0.493 e. The van der Waals surface area contributed by atoms with Gasteiger partial charge in [-0.2, -0.15) is 4.31 Å². The van der Waals surface area contributed by atoms with Crippen LogP contribution in [-0.2, 0) is 21.2 Å². The second-order valence-corrected chi connectivity index (χ2v) is 10.4. The van der Waals surface area contributed by atoms with Crippen LogP contribution in [0.5, 0.6) is 5.75 Å². The van der Waals surface area contributed by atoms with Crippen molar-refractivity contribution in [1.82, 2.24) is 9.29 Å². The van der Waals surface area contributed by atoms with Gasteiger partial charge in [-0.3, -0.25) is 0 Å². The number of hydrogen-bond acceptors (Lipinski definition) is 6. The van der Waals surface area contributed by atoms with Crippen LogP contribution in [-0.4, -0.2) is 56.7 Å². The molecule has 2 fully saturated rings. The minimum atomic E-state index is -3.51. The van der Waals surface area contributed by atoms with Crippen molar-refractivity contribution in [2.45, 2.75) is 36.3 Å². The summed E-state index contributed by atoms with van der Waals surface area (Å²) >= 11 is 0. The van der Waals surface area contributed by atoms with Gasteiger partial charge in [-0.15, -0.1) is 0 Å². The molecule has 2 aliphatic heterocycles. The first-order valence-electron chi connectivity index (χ1n) is 10.5. The predicted molar refractivity (Wildman–Crippen MR) is 113 cm³/mol. The molecule has 1 saturated carbocycles. The molecule has 30 heavy (non-hydrogen) atoms. The molecule has 0 unspecified atom stereocenters. The smallest absolute Gasteiger partial charge is 0.243 e. The van der Waals surface area contributed by atoms with Crippen LogP contribution < -0.4 is 10.1 Å². The van der Waals surface area contributed by atoms with Crippen LogP contribution in [0.2, 0.25) is 0 Å². The van der Waals surface area contributed by atoms with Crippen molar-refractivity contribution in [2.24, 2.45) is 11.8 Å². The van der Waals surface area contributed by atoms with Crippen molar-refractivity contribution in [3.8, 4) is 5.75 Å². The minimum Gasteiger partial charge on any atom is -0.493 e. The zero-order chi connectivity index (χ0) is 20.7. The standard InChI is InChI=1S/C22H27N3O4S/c1-28-21-12-17-14-25(13-16(17)11-19(21)24-22-4-2-3-8-23-22)30(26,27)18-5-6-20-15(10-18)7-9-29-20/h2-6,8,10,16-17,19,21H,7,9,11-14H2,1H3,(H,23,24)/t16-,17+,19-,21-/m1/s1. The first-order chi connectivity index (χ1) is 14.5. The fourth-order valence-electron chi connectivity index (χ4n) is 5.09. The van der Waals surface area contributed by atoms with Gasteiger partial charge in [0.1, 0.15) is 11.6 Å². The Kier molecular flexibility index (Phi) is 5.16. The van der Waals surface area contributed by atoms with Crippen LogP contribution in [0.15, 0.2) is 47.5 Å². The summed E-state index contributed by atoms with van der Waals surface area (Å²) in [5.41, 5.74) is 0.978. The summed E-state index contributed by atoms with van der Waals surface area (Å²) in [6.07, 6.45) is 4.27. The molecule has 1 N–H and O–H groups in total. The van der Waals surface area contributed by atoms with Gasteiger partial charge in [0.15, 0.2) is 0 Å². The van der Waals surface area contributed by atoms with Crippen molar-refractivity contribution in [2.75, 3.05) is 32.1 Å². The molecule has 3 heterocycles.